The van der Waals surface area contributed by atoms with Gasteiger partial charge >= 0.3 is 0 Å². The summed E-state index contributed by atoms with van der Waals surface area (Å²) in [6.07, 6.45) is 4.69. The molecule has 1 heterocycles. The fourth-order valence-corrected chi connectivity index (χ4v) is 3.11. The third kappa shape index (κ3) is 3.07. The molecule has 110 valence electrons. The first-order valence-corrected chi connectivity index (χ1v) is 7.68. The number of nitrogens with two attached hydrogens (primary N) is 1. The third-order valence-corrected chi connectivity index (χ3v) is 4.30. The summed E-state index contributed by atoms with van der Waals surface area (Å²) in [7, 11) is 0. The number of nitrogen functional groups attached to an aromatic ring is 1. The van der Waals surface area contributed by atoms with Crippen LogP contribution in [0.4, 0.5) is 5.69 Å². The van der Waals surface area contributed by atoms with Crippen LogP contribution in [-0.4, -0.2) is 44.4 Å². The van der Waals surface area contributed by atoms with Crippen molar-refractivity contribution in [1.82, 2.24) is 4.90 Å². The zero-order chi connectivity index (χ0) is 13.8. The number of hydrogen-bond donors (Lipinski definition) is 1. The molecular weight excluding hydrogens is 252 g/mol. The molecule has 1 fully saturated rings. The van der Waals surface area contributed by atoms with Crippen molar-refractivity contribution in [3.8, 4) is 5.75 Å². The van der Waals surface area contributed by atoms with Gasteiger partial charge in [0.2, 0.25) is 0 Å². The smallest absolute Gasteiger partial charge is 0.122 e. The highest BCUT2D eigenvalue weighted by Gasteiger charge is 2.17. The average Bonchev–Trinajstić information content (AvgIpc) is 2.51. The van der Waals surface area contributed by atoms with Gasteiger partial charge in [-0.3, -0.25) is 4.90 Å². The number of anilines is 1. The van der Waals surface area contributed by atoms with E-state index in [1.165, 1.54) is 24.0 Å². The zero-order valence-electron chi connectivity index (χ0n) is 12.1. The van der Waals surface area contributed by atoms with Crippen LogP contribution in [-0.2, 0) is 17.6 Å². The normalized spacial score (nSPS) is 19.6. The van der Waals surface area contributed by atoms with Crippen molar-refractivity contribution in [1.29, 1.82) is 0 Å². The van der Waals surface area contributed by atoms with Crippen molar-refractivity contribution in [3.05, 3.63) is 23.3 Å². The van der Waals surface area contributed by atoms with E-state index in [9.17, 15) is 0 Å². The Kier molecular flexibility index (Phi) is 4.43. The first-order chi connectivity index (χ1) is 9.84. The van der Waals surface area contributed by atoms with Gasteiger partial charge in [-0.15, -0.1) is 0 Å². The van der Waals surface area contributed by atoms with E-state index in [2.05, 4.69) is 4.90 Å². The lowest BCUT2D eigenvalue weighted by atomic mass is 9.90. The molecule has 0 saturated carbocycles. The highest BCUT2D eigenvalue weighted by atomic mass is 16.5. The molecular formula is C16H24N2O2. The largest absolute Gasteiger partial charge is 0.492 e. The monoisotopic (exact) mass is 276 g/mol. The van der Waals surface area contributed by atoms with Crippen LogP contribution in [0.1, 0.15) is 24.0 Å². The van der Waals surface area contributed by atoms with Crippen LogP contribution < -0.4 is 10.5 Å². The number of fused-ring (bicyclic) bond motifs is 1. The van der Waals surface area contributed by atoms with E-state index in [0.717, 1.165) is 63.7 Å². The van der Waals surface area contributed by atoms with Gasteiger partial charge in [0.05, 0.1) is 13.2 Å². The predicted molar refractivity (Wildman–Crippen MR) is 80.3 cm³/mol. The minimum atomic E-state index is 0.746. The molecule has 1 aromatic rings. The van der Waals surface area contributed by atoms with Crippen molar-refractivity contribution >= 4 is 5.69 Å². The Balaban J connectivity index is 1.59. The molecule has 0 spiro atoms. The quantitative estimate of drug-likeness (QED) is 0.853. The summed E-state index contributed by atoms with van der Waals surface area (Å²) < 4.78 is 11.4. The molecule has 0 bridgehead atoms. The van der Waals surface area contributed by atoms with Crippen molar-refractivity contribution in [2.45, 2.75) is 25.7 Å². The minimum absolute atomic E-state index is 0.746. The van der Waals surface area contributed by atoms with E-state index in [-0.39, 0.29) is 0 Å². The van der Waals surface area contributed by atoms with Crippen LogP contribution >= 0.6 is 0 Å². The van der Waals surface area contributed by atoms with Crippen LogP contribution in [0.3, 0.4) is 0 Å². The van der Waals surface area contributed by atoms with E-state index < -0.39 is 0 Å². The molecule has 0 amide bonds. The fourth-order valence-electron chi connectivity index (χ4n) is 3.11. The van der Waals surface area contributed by atoms with E-state index in [1.807, 2.05) is 12.1 Å². The number of ether oxygens (including phenoxy) is 2. The molecule has 4 nitrogen and oxygen atoms in total. The molecule has 2 aliphatic rings. The second kappa shape index (κ2) is 6.46. The van der Waals surface area contributed by atoms with Crippen LogP contribution in [0.15, 0.2) is 12.1 Å². The minimum Gasteiger partial charge on any atom is -0.492 e. The topological polar surface area (TPSA) is 47.7 Å². The van der Waals surface area contributed by atoms with E-state index in [1.54, 1.807) is 0 Å². The molecule has 1 aliphatic heterocycles. The molecule has 1 aromatic carbocycles. The van der Waals surface area contributed by atoms with Gasteiger partial charge in [-0.25, -0.2) is 0 Å². The molecule has 4 heteroatoms. The molecule has 0 unspecified atom stereocenters. The highest BCUT2D eigenvalue weighted by molar-refractivity contribution is 5.57. The van der Waals surface area contributed by atoms with Crippen LogP contribution in [0.2, 0.25) is 0 Å². The summed E-state index contributed by atoms with van der Waals surface area (Å²) in [5, 5.41) is 0. The zero-order valence-corrected chi connectivity index (χ0v) is 12.1. The Hall–Kier alpha value is -1.26. The summed E-state index contributed by atoms with van der Waals surface area (Å²) in [5.74, 6) is 1.04. The summed E-state index contributed by atoms with van der Waals surface area (Å²) in [6, 6.07) is 4.03. The van der Waals surface area contributed by atoms with Crippen molar-refractivity contribution in [2.75, 3.05) is 45.2 Å². The van der Waals surface area contributed by atoms with Gasteiger partial charge in [0.1, 0.15) is 12.4 Å². The molecule has 0 radical (unpaired) electrons. The lowest BCUT2D eigenvalue weighted by molar-refractivity contribution is 0.0322. The van der Waals surface area contributed by atoms with Gasteiger partial charge in [-0.2, -0.15) is 0 Å². The number of benzene rings is 1. The predicted octanol–water partition coefficient (Wildman–Crippen LogP) is 1.86. The van der Waals surface area contributed by atoms with Crippen molar-refractivity contribution in [3.63, 3.8) is 0 Å². The number of hydrogen-bond acceptors (Lipinski definition) is 4. The van der Waals surface area contributed by atoms with Crippen LogP contribution in [0.25, 0.3) is 0 Å². The summed E-state index contributed by atoms with van der Waals surface area (Å²) in [5.41, 5.74) is 9.67. The maximum atomic E-state index is 6.08. The van der Waals surface area contributed by atoms with Crippen molar-refractivity contribution < 1.29 is 9.47 Å². The van der Waals surface area contributed by atoms with Gasteiger partial charge in [-0.1, -0.05) is 0 Å². The highest BCUT2D eigenvalue weighted by Crippen LogP contribution is 2.33. The molecule has 1 saturated heterocycles. The Bertz CT molecular complexity index is 456. The molecule has 1 aliphatic carbocycles. The molecule has 0 atom stereocenters. The molecule has 3 rings (SSSR count). The second-order valence-electron chi connectivity index (χ2n) is 5.62. The standard InChI is InChI=1S/C16H24N2O2/c17-15-5-6-16(14-4-2-1-3-13(14)15)20-12-9-18-7-10-19-11-8-18/h5-6H,1-4,7-12,17H2. The fraction of sp³-hybridized carbons (Fsp3) is 0.625. The second-order valence-corrected chi connectivity index (χ2v) is 5.62. The Morgan fingerprint density at radius 1 is 1.10 bits per heavy atom. The first kappa shape index (κ1) is 13.7. The van der Waals surface area contributed by atoms with E-state index in [0.29, 0.717) is 0 Å². The van der Waals surface area contributed by atoms with E-state index >= 15 is 0 Å². The number of nitrogens with zero attached hydrogens (tertiary/aromatic N) is 1. The average molecular weight is 276 g/mol. The van der Waals surface area contributed by atoms with Gasteiger partial charge < -0.3 is 15.2 Å². The molecule has 2 N–H and O–H groups in total. The first-order valence-electron chi connectivity index (χ1n) is 7.68. The lowest BCUT2D eigenvalue weighted by Crippen LogP contribution is -2.38. The number of morpholine rings is 1. The molecule has 20 heavy (non-hydrogen) atoms. The van der Waals surface area contributed by atoms with Gasteiger partial charge in [0.25, 0.3) is 0 Å². The molecule has 0 aromatic heterocycles. The summed E-state index contributed by atoms with van der Waals surface area (Å²) in [4.78, 5) is 2.40. The number of rotatable bonds is 4. The Labute approximate surface area is 120 Å². The summed E-state index contributed by atoms with van der Waals surface area (Å²) >= 11 is 0. The third-order valence-electron chi connectivity index (χ3n) is 4.30. The summed E-state index contributed by atoms with van der Waals surface area (Å²) in [6.45, 7) is 5.44. The van der Waals surface area contributed by atoms with Gasteiger partial charge in [0, 0.05) is 25.3 Å². The Morgan fingerprint density at radius 2 is 1.85 bits per heavy atom. The Morgan fingerprint density at radius 3 is 2.65 bits per heavy atom. The van der Waals surface area contributed by atoms with Gasteiger partial charge in [0.15, 0.2) is 0 Å². The maximum Gasteiger partial charge on any atom is 0.122 e. The van der Waals surface area contributed by atoms with Crippen molar-refractivity contribution in [2.24, 2.45) is 0 Å². The maximum absolute atomic E-state index is 6.08. The van der Waals surface area contributed by atoms with Crippen LogP contribution in [0.5, 0.6) is 5.75 Å². The van der Waals surface area contributed by atoms with Crippen LogP contribution in [0, 0.1) is 0 Å². The lowest BCUT2D eigenvalue weighted by Gasteiger charge is -2.27. The SMILES string of the molecule is Nc1ccc(OCCN2CCOCC2)c2c1CCCC2. The van der Waals surface area contributed by atoms with E-state index in [4.69, 9.17) is 15.2 Å². The van der Waals surface area contributed by atoms with Gasteiger partial charge in [-0.05, 0) is 48.9 Å².